The van der Waals surface area contributed by atoms with Crippen LogP contribution in [0.2, 0.25) is 0 Å². The maximum absolute atomic E-state index is 11.4. The third-order valence-corrected chi connectivity index (χ3v) is 5.67. The molecule has 8 heteroatoms. The van der Waals surface area contributed by atoms with E-state index in [4.69, 9.17) is 0 Å². The predicted molar refractivity (Wildman–Crippen MR) is 81.8 cm³/mol. The van der Waals surface area contributed by atoms with Gasteiger partial charge in [0.25, 0.3) is 0 Å². The molecule has 1 fully saturated rings. The molecule has 2 N–H and O–H groups in total. The van der Waals surface area contributed by atoms with Gasteiger partial charge in [0.2, 0.25) is 10.0 Å². The first-order valence-corrected chi connectivity index (χ1v) is 9.20. The number of nitrogens with zero attached hydrogens (tertiary/aromatic N) is 2. The number of carbonyl (C=O) groups is 1. The van der Waals surface area contributed by atoms with E-state index in [0.29, 0.717) is 39.0 Å². The van der Waals surface area contributed by atoms with Crippen molar-refractivity contribution in [2.45, 2.75) is 31.7 Å². The Balaban J connectivity index is 2.39. The molecule has 0 amide bonds. The topological polar surface area (TPSA) is 90.0 Å². The highest BCUT2D eigenvalue weighted by atomic mass is 32.2. The smallest absolute Gasteiger partial charge is 0.323 e. The highest BCUT2D eigenvalue weighted by Gasteiger charge is 2.34. The number of sulfonamides is 1. The number of likely N-dealkylation sites (N-methyl/N-ethyl adjacent to an activating group) is 1. The molecule has 0 radical (unpaired) electrons. The monoisotopic (exact) mass is 321 g/mol. The third-order valence-electron chi connectivity index (χ3n) is 4.37. The first kappa shape index (κ1) is 18.3. The van der Waals surface area contributed by atoms with Gasteiger partial charge in [0, 0.05) is 26.2 Å². The Hall–Kier alpha value is -0.700. The lowest BCUT2D eigenvalue weighted by Gasteiger charge is -2.34. The minimum Gasteiger partial charge on any atom is -0.480 e. The molecule has 0 aromatic carbocycles. The van der Waals surface area contributed by atoms with Crippen molar-refractivity contribution < 1.29 is 18.3 Å². The molecule has 21 heavy (non-hydrogen) atoms. The van der Waals surface area contributed by atoms with Crippen molar-refractivity contribution in [1.29, 1.82) is 0 Å². The Labute approximate surface area is 127 Å². The second-order valence-corrected chi connectivity index (χ2v) is 7.58. The molecule has 1 unspecified atom stereocenters. The van der Waals surface area contributed by atoms with Crippen LogP contribution < -0.4 is 5.32 Å². The molecule has 1 aliphatic heterocycles. The molecule has 1 rings (SSSR count). The summed E-state index contributed by atoms with van der Waals surface area (Å²) in [5.41, 5.74) is -0.853. The van der Waals surface area contributed by atoms with E-state index in [1.165, 1.54) is 10.6 Å². The van der Waals surface area contributed by atoms with Crippen LogP contribution >= 0.6 is 0 Å². The predicted octanol–water partition coefficient (Wildman–Crippen LogP) is -0.203. The van der Waals surface area contributed by atoms with E-state index < -0.39 is 21.5 Å². The van der Waals surface area contributed by atoms with E-state index in [1.807, 2.05) is 6.92 Å². The van der Waals surface area contributed by atoms with Crippen LogP contribution in [0.3, 0.4) is 0 Å². The second-order valence-electron chi connectivity index (χ2n) is 5.60. The van der Waals surface area contributed by atoms with Crippen molar-refractivity contribution in [3.8, 4) is 0 Å². The maximum Gasteiger partial charge on any atom is 0.323 e. The molecular formula is C13H27N3O4S. The lowest BCUT2D eigenvalue weighted by Crippen LogP contribution is -2.51. The van der Waals surface area contributed by atoms with E-state index >= 15 is 0 Å². The number of rotatable bonds is 8. The van der Waals surface area contributed by atoms with Crippen LogP contribution in [0.25, 0.3) is 0 Å². The van der Waals surface area contributed by atoms with Crippen LogP contribution in [0, 0.1) is 0 Å². The number of carboxylic acids is 1. The van der Waals surface area contributed by atoms with Crippen LogP contribution in [0.1, 0.15) is 26.2 Å². The first-order valence-electron chi connectivity index (χ1n) is 7.35. The zero-order valence-corrected chi connectivity index (χ0v) is 13.9. The maximum atomic E-state index is 11.4. The van der Waals surface area contributed by atoms with Crippen molar-refractivity contribution in [3.05, 3.63) is 0 Å². The van der Waals surface area contributed by atoms with Gasteiger partial charge in [-0.05, 0) is 32.9 Å². The summed E-state index contributed by atoms with van der Waals surface area (Å²) in [4.78, 5) is 13.6. The SMILES string of the molecule is CCC(CCCN1CCN(S(C)(=O)=O)CC1)(NC)C(=O)O. The fourth-order valence-electron chi connectivity index (χ4n) is 2.73. The summed E-state index contributed by atoms with van der Waals surface area (Å²) in [5.74, 6) is -0.811. The summed E-state index contributed by atoms with van der Waals surface area (Å²) in [5, 5.41) is 12.3. The second kappa shape index (κ2) is 7.53. The van der Waals surface area contributed by atoms with Crippen molar-refractivity contribution in [2.75, 3.05) is 46.0 Å². The number of aliphatic carboxylic acids is 1. The van der Waals surface area contributed by atoms with Crippen molar-refractivity contribution >= 4 is 16.0 Å². The number of hydrogen-bond acceptors (Lipinski definition) is 5. The van der Waals surface area contributed by atoms with Gasteiger partial charge in [0.15, 0.2) is 0 Å². The third kappa shape index (κ3) is 4.91. The molecular weight excluding hydrogens is 294 g/mol. The molecule has 0 aromatic heterocycles. The molecule has 0 aromatic rings. The first-order chi connectivity index (χ1) is 9.75. The summed E-state index contributed by atoms with van der Waals surface area (Å²) in [6, 6.07) is 0. The summed E-state index contributed by atoms with van der Waals surface area (Å²) in [6.07, 6.45) is 3.13. The summed E-state index contributed by atoms with van der Waals surface area (Å²) in [6.45, 7) is 5.12. The van der Waals surface area contributed by atoms with Gasteiger partial charge in [-0.1, -0.05) is 6.92 Å². The van der Waals surface area contributed by atoms with E-state index in [9.17, 15) is 18.3 Å². The van der Waals surface area contributed by atoms with Gasteiger partial charge in [-0.2, -0.15) is 4.31 Å². The van der Waals surface area contributed by atoms with E-state index in [0.717, 1.165) is 13.0 Å². The number of nitrogens with one attached hydrogen (secondary N) is 1. The molecule has 7 nitrogen and oxygen atoms in total. The van der Waals surface area contributed by atoms with Gasteiger partial charge >= 0.3 is 5.97 Å². The van der Waals surface area contributed by atoms with Crippen molar-refractivity contribution in [2.24, 2.45) is 0 Å². The van der Waals surface area contributed by atoms with Gasteiger partial charge in [0.1, 0.15) is 5.54 Å². The minimum absolute atomic E-state index is 0.517. The fourth-order valence-corrected chi connectivity index (χ4v) is 3.56. The number of piperazine rings is 1. The van der Waals surface area contributed by atoms with E-state index in [1.54, 1.807) is 7.05 Å². The van der Waals surface area contributed by atoms with Crippen LogP contribution in [0.5, 0.6) is 0 Å². The Bertz CT molecular complexity index is 440. The van der Waals surface area contributed by atoms with Gasteiger partial charge in [-0.15, -0.1) is 0 Å². The zero-order valence-electron chi connectivity index (χ0n) is 13.1. The summed E-state index contributed by atoms with van der Waals surface area (Å²) < 4.78 is 24.3. The lowest BCUT2D eigenvalue weighted by atomic mass is 9.90. The Morgan fingerprint density at radius 3 is 2.24 bits per heavy atom. The minimum atomic E-state index is -3.09. The highest BCUT2D eigenvalue weighted by molar-refractivity contribution is 7.88. The Morgan fingerprint density at radius 1 is 1.29 bits per heavy atom. The van der Waals surface area contributed by atoms with Gasteiger partial charge in [-0.25, -0.2) is 8.42 Å². The van der Waals surface area contributed by atoms with Crippen molar-refractivity contribution in [3.63, 3.8) is 0 Å². The van der Waals surface area contributed by atoms with Gasteiger partial charge in [-0.3, -0.25) is 4.79 Å². The van der Waals surface area contributed by atoms with Crippen LogP contribution in [0.4, 0.5) is 0 Å². The highest BCUT2D eigenvalue weighted by Crippen LogP contribution is 2.18. The molecule has 0 saturated carbocycles. The molecule has 124 valence electrons. The van der Waals surface area contributed by atoms with E-state index in [-0.39, 0.29) is 0 Å². The quantitative estimate of drug-likeness (QED) is 0.643. The molecule has 1 aliphatic rings. The molecule has 0 spiro atoms. The van der Waals surface area contributed by atoms with Crippen LogP contribution in [0.15, 0.2) is 0 Å². The largest absolute Gasteiger partial charge is 0.480 e. The molecule has 1 saturated heterocycles. The Morgan fingerprint density at radius 2 is 1.86 bits per heavy atom. The zero-order chi connectivity index (χ0) is 16.1. The standard InChI is InChI=1S/C13H27N3O4S/c1-4-13(14-2,12(17)18)6-5-7-15-8-10-16(11-9-15)21(3,19)20/h14H,4-11H2,1-3H3,(H,17,18). The van der Waals surface area contributed by atoms with Crippen molar-refractivity contribution in [1.82, 2.24) is 14.5 Å². The van der Waals surface area contributed by atoms with Gasteiger partial charge < -0.3 is 15.3 Å². The normalized spacial score (nSPS) is 21.1. The molecule has 1 atom stereocenters. The number of carboxylic acid groups (broad SMARTS) is 1. The summed E-state index contributed by atoms with van der Waals surface area (Å²) in [7, 11) is -1.41. The summed E-state index contributed by atoms with van der Waals surface area (Å²) >= 11 is 0. The lowest BCUT2D eigenvalue weighted by molar-refractivity contribution is -0.145. The number of hydrogen-bond donors (Lipinski definition) is 2. The molecule has 0 aliphatic carbocycles. The average Bonchev–Trinajstić information content (AvgIpc) is 2.43. The molecule has 1 heterocycles. The van der Waals surface area contributed by atoms with Crippen LogP contribution in [-0.4, -0.2) is 80.3 Å². The van der Waals surface area contributed by atoms with Crippen LogP contribution in [-0.2, 0) is 14.8 Å². The molecule has 0 bridgehead atoms. The van der Waals surface area contributed by atoms with E-state index in [2.05, 4.69) is 10.2 Å². The van der Waals surface area contributed by atoms with Gasteiger partial charge in [0.05, 0.1) is 6.26 Å². The Kier molecular flexibility index (Phi) is 6.58. The average molecular weight is 321 g/mol. The fraction of sp³-hybridized carbons (Fsp3) is 0.923.